The third kappa shape index (κ3) is 2.55. The van der Waals surface area contributed by atoms with Gasteiger partial charge in [0.1, 0.15) is 0 Å². The molecule has 0 amide bonds. The van der Waals surface area contributed by atoms with Crippen LogP contribution in [0.2, 0.25) is 0 Å². The van der Waals surface area contributed by atoms with Crippen LogP contribution in [0.15, 0.2) is 65.6 Å². The minimum Gasteiger partial charge on any atom is -0.393 e. The monoisotopic (exact) mass is 379 g/mol. The van der Waals surface area contributed by atoms with Gasteiger partial charge in [0, 0.05) is 15.6 Å². The first-order chi connectivity index (χ1) is 12.6. The summed E-state index contributed by atoms with van der Waals surface area (Å²) in [6, 6.07) is 22.1. The van der Waals surface area contributed by atoms with Crippen molar-refractivity contribution in [3.05, 3.63) is 66.2 Å². The van der Waals surface area contributed by atoms with E-state index < -0.39 is 0 Å². The number of nitrogens with two attached hydrogens (primary N) is 1. The molecule has 0 saturated heterocycles. The number of thiocarbonyl (C=S) groups is 1. The quantitative estimate of drug-likeness (QED) is 0.702. The van der Waals surface area contributed by atoms with Crippen molar-refractivity contribution in [2.75, 3.05) is 0 Å². The predicted molar refractivity (Wildman–Crippen MR) is 113 cm³/mol. The van der Waals surface area contributed by atoms with Gasteiger partial charge in [0.2, 0.25) is 0 Å². The van der Waals surface area contributed by atoms with Crippen molar-refractivity contribution in [3.63, 3.8) is 0 Å². The van der Waals surface area contributed by atoms with E-state index in [-0.39, 0.29) is 10.8 Å². The van der Waals surface area contributed by atoms with Crippen molar-refractivity contribution in [1.29, 1.82) is 0 Å². The van der Waals surface area contributed by atoms with Gasteiger partial charge < -0.3 is 5.73 Å². The fourth-order valence-electron chi connectivity index (χ4n) is 6.37. The third-order valence-corrected chi connectivity index (χ3v) is 9.16. The van der Waals surface area contributed by atoms with Crippen LogP contribution < -0.4 is 5.73 Å². The second-order valence-corrected chi connectivity index (χ2v) is 10.4. The van der Waals surface area contributed by atoms with Crippen LogP contribution in [-0.2, 0) is 5.41 Å². The van der Waals surface area contributed by atoms with Crippen LogP contribution >= 0.6 is 24.0 Å². The number of hydrogen-bond donors (Lipinski definition) is 1. The van der Waals surface area contributed by atoms with Gasteiger partial charge in [-0.2, -0.15) is 0 Å². The molecule has 0 heterocycles. The smallest absolute Gasteiger partial charge is 0.0790 e. The zero-order valence-corrected chi connectivity index (χ0v) is 16.6. The summed E-state index contributed by atoms with van der Waals surface area (Å²) in [7, 11) is 0. The first-order valence-electron chi connectivity index (χ1n) is 9.67. The van der Waals surface area contributed by atoms with Gasteiger partial charge in [-0.3, -0.25) is 0 Å². The van der Waals surface area contributed by atoms with E-state index in [1.54, 1.807) is 0 Å². The molecular formula is C23H25NS2. The summed E-state index contributed by atoms with van der Waals surface area (Å²) in [6.07, 6.45) is 6.13. The molecule has 2 atom stereocenters. The third-order valence-electron chi connectivity index (χ3n) is 7.14. The van der Waals surface area contributed by atoms with Crippen LogP contribution in [-0.4, -0.2) is 10.2 Å². The molecule has 0 aliphatic heterocycles. The molecule has 4 fully saturated rings. The van der Waals surface area contributed by atoms with Gasteiger partial charge in [-0.1, -0.05) is 60.7 Å². The van der Waals surface area contributed by atoms with E-state index in [4.69, 9.17) is 18.0 Å². The fourth-order valence-corrected chi connectivity index (χ4v) is 8.01. The molecule has 4 aliphatic rings. The molecule has 2 N–H and O–H groups in total. The Kier molecular flexibility index (Phi) is 3.95. The molecule has 3 heteroatoms. The van der Waals surface area contributed by atoms with Gasteiger partial charge in [0.15, 0.2) is 0 Å². The average molecular weight is 380 g/mol. The summed E-state index contributed by atoms with van der Waals surface area (Å²) in [5.74, 6) is 1.42. The molecular weight excluding hydrogens is 354 g/mol. The fraction of sp³-hybridized carbons (Fsp3) is 0.435. The van der Waals surface area contributed by atoms with Crippen LogP contribution in [0, 0.1) is 17.3 Å². The summed E-state index contributed by atoms with van der Waals surface area (Å²) in [5, 5.41) is 0.706. The Balaban J connectivity index is 1.52. The molecule has 6 rings (SSSR count). The lowest BCUT2D eigenvalue weighted by atomic mass is 9.42. The van der Waals surface area contributed by atoms with Crippen LogP contribution in [0.3, 0.4) is 0 Å². The molecule has 26 heavy (non-hydrogen) atoms. The molecule has 0 aromatic heterocycles. The van der Waals surface area contributed by atoms with E-state index in [0.717, 1.165) is 11.4 Å². The summed E-state index contributed by atoms with van der Waals surface area (Å²) in [4.78, 5) is 2.18. The minimum atomic E-state index is 0.0881. The Morgan fingerprint density at radius 3 is 2.04 bits per heavy atom. The minimum absolute atomic E-state index is 0.0881. The summed E-state index contributed by atoms with van der Waals surface area (Å²) >= 11 is 7.73. The molecule has 4 aliphatic carbocycles. The van der Waals surface area contributed by atoms with E-state index in [9.17, 15) is 0 Å². The second-order valence-electron chi connectivity index (χ2n) is 8.70. The SMILES string of the molecule is NC(=S)C12CC3CC(c4ccccc4)(CC(C1)C3Sc1ccccc1)C2. The normalized spacial score (nSPS) is 37.6. The lowest BCUT2D eigenvalue weighted by Gasteiger charge is -2.64. The van der Waals surface area contributed by atoms with Gasteiger partial charge in [-0.15, -0.1) is 11.8 Å². The zero-order valence-electron chi connectivity index (χ0n) is 14.9. The highest BCUT2D eigenvalue weighted by Gasteiger charge is 2.62. The molecule has 2 unspecified atom stereocenters. The maximum absolute atomic E-state index is 6.35. The van der Waals surface area contributed by atoms with E-state index >= 15 is 0 Å². The molecule has 4 bridgehead atoms. The Hall–Kier alpha value is -1.32. The van der Waals surface area contributed by atoms with Crippen molar-refractivity contribution < 1.29 is 0 Å². The van der Waals surface area contributed by atoms with Gasteiger partial charge >= 0.3 is 0 Å². The van der Waals surface area contributed by atoms with Gasteiger partial charge in [0.25, 0.3) is 0 Å². The number of hydrogen-bond acceptors (Lipinski definition) is 2. The maximum atomic E-state index is 6.35. The molecule has 134 valence electrons. The predicted octanol–water partition coefficient (Wildman–Crippen LogP) is 5.58. The lowest BCUT2D eigenvalue weighted by Crippen LogP contribution is -2.61. The van der Waals surface area contributed by atoms with E-state index in [1.807, 2.05) is 0 Å². The Morgan fingerprint density at radius 2 is 1.46 bits per heavy atom. The van der Waals surface area contributed by atoms with Crippen LogP contribution in [0.1, 0.15) is 37.7 Å². The Bertz CT molecular complexity index is 801. The van der Waals surface area contributed by atoms with Crippen molar-refractivity contribution in [2.45, 2.75) is 47.7 Å². The van der Waals surface area contributed by atoms with E-state index in [1.165, 1.54) is 36.1 Å². The highest BCUT2D eigenvalue weighted by molar-refractivity contribution is 8.00. The standard InChI is InChI=1S/C23H25NS2/c24-21(25)23-13-16-11-22(15-23,18-7-3-1-4-8-18)12-17(14-23)20(16)26-19-9-5-2-6-10-19/h1-10,16-17,20H,11-15H2,(H2,24,25). The average Bonchev–Trinajstić information content (AvgIpc) is 2.66. The highest BCUT2D eigenvalue weighted by atomic mass is 32.2. The molecule has 2 aromatic rings. The summed E-state index contributed by atoms with van der Waals surface area (Å²) in [5.41, 5.74) is 8.23. The van der Waals surface area contributed by atoms with Crippen LogP contribution in [0.5, 0.6) is 0 Å². The second kappa shape index (κ2) is 6.10. The van der Waals surface area contributed by atoms with Crippen molar-refractivity contribution in [3.8, 4) is 0 Å². The highest BCUT2D eigenvalue weighted by Crippen LogP contribution is 2.68. The lowest BCUT2D eigenvalue weighted by molar-refractivity contribution is -0.0284. The van der Waals surface area contributed by atoms with Crippen LogP contribution in [0.25, 0.3) is 0 Å². The van der Waals surface area contributed by atoms with Gasteiger partial charge in [-0.05, 0) is 67.1 Å². The Labute approximate surface area is 165 Å². The van der Waals surface area contributed by atoms with Crippen LogP contribution in [0.4, 0.5) is 0 Å². The van der Waals surface area contributed by atoms with Crippen molar-refractivity contribution >= 4 is 29.0 Å². The summed E-state index contributed by atoms with van der Waals surface area (Å²) < 4.78 is 0. The van der Waals surface area contributed by atoms with E-state index in [2.05, 4.69) is 72.4 Å². The molecule has 0 radical (unpaired) electrons. The maximum Gasteiger partial charge on any atom is 0.0790 e. The molecule has 0 spiro atoms. The largest absolute Gasteiger partial charge is 0.393 e. The topological polar surface area (TPSA) is 26.0 Å². The number of benzene rings is 2. The number of thioether (sulfide) groups is 1. The number of rotatable bonds is 4. The Morgan fingerprint density at radius 1 is 0.885 bits per heavy atom. The molecule has 4 saturated carbocycles. The van der Waals surface area contributed by atoms with E-state index in [0.29, 0.717) is 17.1 Å². The van der Waals surface area contributed by atoms with Gasteiger partial charge in [0.05, 0.1) is 4.99 Å². The first-order valence-corrected chi connectivity index (χ1v) is 11.0. The van der Waals surface area contributed by atoms with Crippen molar-refractivity contribution in [2.24, 2.45) is 23.0 Å². The van der Waals surface area contributed by atoms with Crippen molar-refractivity contribution in [1.82, 2.24) is 0 Å². The molecule has 2 aromatic carbocycles. The molecule has 1 nitrogen and oxygen atoms in total. The summed E-state index contributed by atoms with van der Waals surface area (Å²) in [6.45, 7) is 0. The van der Waals surface area contributed by atoms with Gasteiger partial charge in [-0.25, -0.2) is 0 Å². The first kappa shape index (κ1) is 16.8. The zero-order chi connectivity index (χ0) is 17.8.